The Morgan fingerprint density at radius 1 is 0.926 bits per heavy atom. The van der Waals surface area contributed by atoms with Crippen LogP contribution in [0.1, 0.15) is 29.6 Å². The number of hydrogen-bond donors (Lipinski definition) is 2. The number of carbonyl (C=O) groups is 1. The minimum absolute atomic E-state index is 0.162. The molecule has 2 aliphatic rings. The van der Waals surface area contributed by atoms with Crippen LogP contribution in [0, 0.1) is 23.5 Å². The largest absolute Gasteiger partial charge is 0.508 e. The summed E-state index contributed by atoms with van der Waals surface area (Å²) >= 11 is 0. The van der Waals surface area contributed by atoms with Crippen LogP contribution in [-0.4, -0.2) is 40.5 Å². The Kier molecular flexibility index (Phi) is 6.06. The van der Waals surface area contributed by atoms with Gasteiger partial charge in [0.25, 0.3) is 0 Å². The van der Waals surface area contributed by atoms with Gasteiger partial charge >= 0.3 is 0 Å². The van der Waals surface area contributed by atoms with Crippen LogP contribution in [0.5, 0.6) is 11.5 Å². The van der Waals surface area contributed by atoms with Crippen LogP contribution in [0.25, 0.3) is 0 Å². The Morgan fingerprint density at radius 2 is 1.52 bits per heavy atom. The Hall–Kier alpha value is -2.47. The third kappa shape index (κ3) is 5.04. The highest BCUT2D eigenvalue weighted by molar-refractivity contribution is 5.97. The number of phenolic OH excluding ortho intramolecular Hbond substituents is 2. The van der Waals surface area contributed by atoms with Crippen molar-refractivity contribution < 1.29 is 23.8 Å². The van der Waals surface area contributed by atoms with Crippen LogP contribution < -0.4 is 0 Å². The lowest BCUT2D eigenvalue weighted by Gasteiger charge is -2.15. The summed E-state index contributed by atoms with van der Waals surface area (Å²) in [7, 11) is 0. The highest BCUT2D eigenvalue weighted by Gasteiger charge is 2.36. The summed E-state index contributed by atoms with van der Waals surface area (Å²) in [4.78, 5) is 14.4. The van der Waals surface area contributed by atoms with Crippen LogP contribution >= 0.6 is 0 Å². The number of fused-ring (bicyclic) bond motifs is 1. The molecule has 144 valence electrons. The first-order chi connectivity index (χ1) is 12.9. The molecular weight excluding hydrogens is 352 g/mol. The third-order valence-electron chi connectivity index (χ3n) is 5.26. The fourth-order valence-corrected chi connectivity index (χ4v) is 3.89. The number of benzene rings is 2. The van der Waals surface area contributed by atoms with E-state index in [0.717, 1.165) is 43.1 Å². The van der Waals surface area contributed by atoms with Crippen molar-refractivity contribution in [2.24, 2.45) is 11.8 Å². The second-order valence-electron chi connectivity index (χ2n) is 7.21. The predicted molar refractivity (Wildman–Crippen MR) is 97.7 cm³/mol. The minimum Gasteiger partial charge on any atom is -0.508 e. The summed E-state index contributed by atoms with van der Waals surface area (Å²) in [6.07, 6.45) is 4.05. The molecule has 0 spiro atoms. The van der Waals surface area contributed by atoms with Gasteiger partial charge in [-0.1, -0.05) is 6.42 Å². The van der Waals surface area contributed by atoms with E-state index >= 15 is 0 Å². The maximum absolute atomic E-state index is 12.1. The Labute approximate surface area is 157 Å². The van der Waals surface area contributed by atoms with E-state index in [-0.39, 0.29) is 17.3 Å². The molecule has 4 rings (SSSR count). The molecule has 1 aliphatic heterocycles. The zero-order chi connectivity index (χ0) is 19.4. The van der Waals surface area contributed by atoms with Crippen molar-refractivity contribution in [3.05, 3.63) is 59.7 Å². The van der Waals surface area contributed by atoms with Gasteiger partial charge < -0.3 is 10.2 Å². The van der Waals surface area contributed by atoms with Crippen molar-refractivity contribution in [1.82, 2.24) is 4.90 Å². The summed E-state index contributed by atoms with van der Waals surface area (Å²) in [6, 6.07) is 9.22. The molecule has 27 heavy (non-hydrogen) atoms. The molecule has 2 atom stereocenters. The Balaban J connectivity index is 0.000000197. The lowest BCUT2D eigenvalue weighted by atomic mass is 10.0. The van der Waals surface area contributed by atoms with E-state index < -0.39 is 11.6 Å². The molecule has 2 aromatic carbocycles. The Morgan fingerprint density at radius 3 is 2.07 bits per heavy atom. The fourth-order valence-electron chi connectivity index (χ4n) is 3.89. The van der Waals surface area contributed by atoms with Gasteiger partial charge in [-0.05, 0) is 61.1 Å². The van der Waals surface area contributed by atoms with E-state index in [1.54, 1.807) is 24.3 Å². The zero-order valence-corrected chi connectivity index (χ0v) is 14.9. The van der Waals surface area contributed by atoms with Gasteiger partial charge in [0.1, 0.15) is 11.5 Å². The number of phenols is 2. The molecule has 1 saturated heterocycles. The molecule has 0 radical (unpaired) electrons. The number of nitrogens with zero attached hydrogens (tertiary/aromatic N) is 1. The Bertz CT molecular complexity index is 783. The smallest absolute Gasteiger partial charge is 0.176 e. The lowest BCUT2D eigenvalue weighted by Crippen LogP contribution is -2.28. The molecule has 2 aromatic rings. The van der Waals surface area contributed by atoms with E-state index in [1.807, 2.05) is 0 Å². The fraction of sp³-hybridized carbons (Fsp3) is 0.381. The number of aromatic hydroxyl groups is 2. The van der Waals surface area contributed by atoms with E-state index in [4.69, 9.17) is 5.11 Å². The molecular formula is C21H23F2NO3. The van der Waals surface area contributed by atoms with Crippen LogP contribution in [0.3, 0.4) is 0 Å². The SMILES string of the molecule is O=C(CN1C[C@H]2CCC[C@H]2C1)c1ccc(O)cc1.Oc1ccc(F)c(F)c1. The normalized spacial score (nSPS) is 21.4. The van der Waals surface area contributed by atoms with Gasteiger partial charge in [-0.2, -0.15) is 0 Å². The van der Waals surface area contributed by atoms with Gasteiger partial charge in [-0.25, -0.2) is 8.78 Å². The van der Waals surface area contributed by atoms with Crippen molar-refractivity contribution >= 4 is 5.78 Å². The molecule has 0 unspecified atom stereocenters. The predicted octanol–water partition coefficient (Wildman–Crippen LogP) is 3.98. The summed E-state index contributed by atoms with van der Waals surface area (Å²) in [5, 5.41) is 17.7. The quantitative estimate of drug-likeness (QED) is 0.797. The first-order valence-electron chi connectivity index (χ1n) is 9.11. The molecule has 2 fully saturated rings. The van der Waals surface area contributed by atoms with Gasteiger partial charge in [0.2, 0.25) is 0 Å². The zero-order valence-electron chi connectivity index (χ0n) is 14.9. The number of Topliss-reactive ketones (excluding diaryl/α,β-unsaturated/α-hetero) is 1. The first kappa shape index (κ1) is 19.3. The van der Waals surface area contributed by atoms with Gasteiger partial charge in [0.15, 0.2) is 17.4 Å². The monoisotopic (exact) mass is 375 g/mol. The number of rotatable bonds is 3. The number of likely N-dealkylation sites (tertiary alicyclic amines) is 1. The summed E-state index contributed by atoms with van der Waals surface area (Å²) < 4.78 is 24.1. The second-order valence-corrected chi connectivity index (χ2v) is 7.21. The lowest BCUT2D eigenvalue weighted by molar-refractivity contribution is 0.0941. The number of ketones is 1. The molecule has 4 nitrogen and oxygen atoms in total. The van der Waals surface area contributed by atoms with Crippen molar-refractivity contribution in [3.63, 3.8) is 0 Å². The van der Waals surface area contributed by atoms with Crippen LogP contribution in [0.15, 0.2) is 42.5 Å². The maximum Gasteiger partial charge on any atom is 0.176 e. The standard InChI is InChI=1S/C15H19NO2.C6H4F2O/c17-14-6-4-11(5-7-14)15(18)10-16-8-12-2-1-3-13(12)9-16;7-5-2-1-4(9)3-6(5)8/h4-7,12-13,17H,1-3,8-10H2;1-3,9H/t12-,13+;. The van der Waals surface area contributed by atoms with Gasteiger partial charge in [-0.15, -0.1) is 0 Å². The molecule has 1 heterocycles. The van der Waals surface area contributed by atoms with Gasteiger partial charge in [0.05, 0.1) is 6.54 Å². The summed E-state index contributed by atoms with van der Waals surface area (Å²) in [5.41, 5.74) is 0.699. The average molecular weight is 375 g/mol. The minimum atomic E-state index is -1.03. The van der Waals surface area contributed by atoms with Crippen LogP contribution in [-0.2, 0) is 0 Å². The highest BCUT2D eigenvalue weighted by atomic mass is 19.2. The number of halogens is 2. The molecule has 1 aliphatic carbocycles. The molecule has 1 saturated carbocycles. The van der Waals surface area contributed by atoms with Gasteiger partial charge in [-0.3, -0.25) is 9.69 Å². The molecule has 0 bridgehead atoms. The number of hydrogen-bond acceptors (Lipinski definition) is 4. The van der Waals surface area contributed by atoms with Crippen molar-refractivity contribution in [3.8, 4) is 11.5 Å². The van der Waals surface area contributed by atoms with Crippen LogP contribution in [0.4, 0.5) is 8.78 Å². The van der Waals surface area contributed by atoms with E-state index in [1.165, 1.54) is 19.3 Å². The van der Waals surface area contributed by atoms with Crippen molar-refractivity contribution in [2.45, 2.75) is 19.3 Å². The summed E-state index contributed by atoms with van der Waals surface area (Å²) in [5.74, 6) is -0.218. The molecule has 0 aromatic heterocycles. The van der Waals surface area contributed by atoms with Crippen LogP contribution in [0.2, 0.25) is 0 Å². The summed E-state index contributed by atoms with van der Waals surface area (Å²) in [6.45, 7) is 2.71. The van der Waals surface area contributed by atoms with E-state index in [9.17, 15) is 18.7 Å². The van der Waals surface area contributed by atoms with E-state index in [0.29, 0.717) is 12.1 Å². The highest BCUT2D eigenvalue weighted by Crippen LogP contribution is 2.37. The average Bonchev–Trinajstić information content (AvgIpc) is 3.21. The third-order valence-corrected chi connectivity index (χ3v) is 5.26. The van der Waals surface area contributed by atoms with Gasteiger partial charge in [0, 0.05) is 24.7 Å². The first-order valence-corrected chi connectivity index (χ1v) is 9.11. The van der Waals surface area contributed by atoms with E-state index in [2.05, 4.69) is 4.90 Å². The van der Waals surface area contributed by atoms with Crippen molar-refractivity contribution in [1.29, 1.82) is 0 Å². The molecule has 2 N–H and O–H groups in total. The topological polar surface area (TPSA) is 60.8 Å². The second kappa shape index (κ2) is 8.48. The molecule has 0 amide bonds. The van der Waals surface area contributed by atoms with Crippen molar-refractivity contribution in [2.75, 3.05) is 19.6 Å². The number of carbonyl (C=O) groups excluding carboxylic acids is 1. The maximum atomic E-state index is 12.1. The molecule has 6 heteroatoms.